The van der Waals surface area contributed by atoms with Crippen LogP contribution < -0.4 is 15.9 Å². The van der Waals surface area contributed by atoms with Crippen molar-refractivity contribution < 1.29 is 23.8 Å². The molecule has 4 N–H and O–H groups in total. The maximum atomic E-state index is 13.3. The summed E-state index contributed by atoms with van der Waals surface area (Å²) in [5.41, 5.74) is 6.33. The van der Waals surface area contributed by atoms with Crippen LogP contribution in [-0.4, -0.2) is 29.0 Å². The van der Waals surface area contributed by atoms with Crippen LogP contribution >= 0.6 is 11.6 Å². The molecule has 32 heavy (non-hydrogen) atoms. The molecule has 8 heteroatoms. The predicted molar refractivity (Wildman–Crippen MR) is 121 cm³/mol. The van der Waals surface area contributed by atoms with Gasteiger partial charge in [-0.15, -0.1) is 0 Å². The topological polar surface area (TPSA) is 106 Å². The Bertz CT molecular complexity index is 1350. The van der Waals surface area contributed by atoms with Gasteiger partial charge < -0.3 is 25.1 Å². The van der Waals surface area contributed by atoms with Crippen LogP contribution in [0.1, 0.15) is 12.0 Å². The summed E-state index contributed by atoms with van der Waals surface area (Å²) in [7, 11) is 0. The Labute approximate surface area is 187 Å². The molecule has 3 aromatic carbocycles. The lowest BCUT2D eigenvalue weighted by molar-refractivity contribution is 0.115. The fourth-order valence-corrected chi connectivity index (χ4v) is 3.55. The Balaban J connectivity index is 1.66. The zero-order valence-corrected chi connectivity index (χ0v) is 17.7. The summed E-state index contributed by atoms with van der Waals surface area (Å²) < 4.78 is 25.0. The molecule has 1 heterocycles. The Hall–Kier alpha value is -2.97. The summed E-state index contributed by atoms with van der Waals surface area (Å²) in [4.78, 5) is 13.0. The number of rotatable bonds is 7. The van der Waals surface area contributed by atoms with Gasteiger partial charge in [0.1, 0.15) is 28.5 Å². The standard InChI is InChI=1S/C24H21ClFNO5/c25-19-11-16(2-5-20(19)26)31-15-3-6-21-18(10-15)23(30)17-4-1-14(9-22(17)32-21)7-8-24(27,12-28)13-29/h1-6,9-11,28-29H,7-8,12-13,27H2. The van der Waals surface area contributed by atoms with E-state index in [9.17, 15) is 19.4 Å². The fourth-order valence-electron chi connectivity index (χ4n) is 3.37. The van der Waals surface area contributed by atoms with Gasteiger partial charge in [0.25, 0.3) is 0 Å². The van der Waals surface area contributed by atoms with Crippen LogP contribution in [0.2, 0.25) is 5.02 Å². The number of aryl methyl sites for hydroxylation is 1. The number of hydrogen-bond acceptors (Lipinski definition) is 6. The Morgan fingerprint density at radius 2 is 1.69 bits per heavy atom. The zero-order chi connectivity index (χ0) is 22.9. The third-order valence-corrected chi connectivity index (χ3v) is 5.66. The minimum atomic E-state index is -1.07. The lowest BCUT2D eigenvalue weighted by Crippen LogP contribution is -2.47. The summed E-state index contributed by atoms with van der Waals surface area (Å²) in [6.45, 7) is -0.656. The SMILES string of the molecule is NC(CO)(CO)CCc1ccc2c(=O)c3cc(Oc4ccc(F)c(Cl)c4)ccc3oc2c1. The van der Waals surface area contributed by atoms with E-state index in [1.807, 2.05) is 0 Å². The van der Waals surface area contributed by atoms with Crippen molar-refractivity contribution >= 4 is 33.5 Å². The normalized spacial score (nSPS) is 11.9. The number of aliphatic hydroxyl groups is 2. The van der Waals surface area contributed by atoms with E-state index in [1.165, 1.54) is 18.2 Å². The third kappa shape index (κ3) is 4.47. The quantitative estimate of drug-likeness (QED) is 0.360. The van der Waals surface area contributed by atoms with Crippen molar-refractivity contribution in [3.63, 3.8) is 0 Å². The third-order valence-electron chi connectivity index (χ3n) is 5.37. The molecule has 0 unspecified atom stereocenters. The van der Waals surface area contributed by atoms with E-state index < -0.39 is 11.4 Å². The number of aliphatic hydroxyl groups excluding tert-OH is 2. The average Bonchev–Trinajstić information content (AvgIpc) is 2.80. The lowest BCUT2D eigenvalue weighted by atomic mass is 9.93. The van der Waals surface area contributed by atoms with E-state index in [0.717, 1.165) is 5.56 Å². The Morgan fingerprint density at radius 3 is 2.41 bits per heavy atom. The smallest absolute Gasteiger partial charge is 0.200 e. The fraction of sp³-hybridized carbons (Fsp3) is 0.208. The maximum absolute atomic E-state index is 13.3. The molecule has 6 nitrogen and oxygen atoms in total. The summed E-state index contributed by atoms with van der Waals surface area (Å²) in [5, 5.41) is 19.4. The molecule has 0 aliphatic heterocycles. The second kappa shape index (κ2) is 8.88. The minimum Gasteiger partial charge on any atom is -0.457 e. The Morgan fingerprint density at radius 1 is 0.969 bits per heavy atom. The second-order valence-electron chi connectivity index (χ2n) is 7.78. The molecule has 166 valence electrons. The molecule has 0 spiro atoms. The van der Waals surface area contributed by atoms with Crippen LogP contribution in [0, 0.1) is 5.82 Å². The number of hydrogen-bond donors (Lipinski definition) is 3. The van der Waals surface area contributed by atoms with Crippen molar-refractivity contribution in [2.45, 2.75) is 18.4 Å². The highest BCUT2D eigenvalue weighted by Crippen LogP contribution is 2.29. The van der Waals surface area contributed by atoms with Crippen molar-refractivity contribution in [2.24, 2.45) is 5.73 Å². The molecule has 4 rings (SSSR count). The molecule has 0 fully saturated rings. The highest BCUT2D eigenvalue weighted by Gasteiger charge is 2.22. The molecule has 0 atom stereocenters. The van der Waals surface area contributed by atoms with E-state index in [-0.39, 0.29) is 23.7 Å². The molecule has 0 amide bonds. The van der Waals surface area contributed by atoms with Crippen LogP contribution in [-0.2, 0) is 6.42 Å². The van der Waals surface area contributed by atoms with Crippen molar-refractivity contribution in [1.29, 1.82) is 0 Å². The van der Waals surface area contributed by atoms with Crippen LogP contribution in [0.4, 0.5) is 4.39 Å². The molecule has 4 aromatic rings. The average molecular weight is 458 g/mol. The summed E-state index contributed by atoms with van der Waals surface area (Å²) in [6, 6.07) is 14.1. The van der Waals surface area contributed by atoms with Gasteiger partial charge in [0, 0.05) is 6.07 Å². The van der Waals surface area contributed by atoms with Crippen LogP contribution in [0.15, 0.2) is 63.8 Å². The van der Waals surface area contributed by atoms with Gasteiger partial charge >= 0.3 is 0 Å². The van der Waals surface area contributed by atoms with Crippen molar-refractivity contribution in [3.05, 3.63) is 81.2 Å². The van der Waals surface area contributed by atoms with Crippen molar-refractivity contribution in [2.75, 3.05) is 13.2 Å². The van der Waals surface area contributed by atoms with E-state index in [4.69, 9.17) is 26.5 Å². The minimum absolute atomic E-state index is 0.0607. The first-order chi connectivity index (χ1) is 15.3. The van der Waals surface area contributed by atoms with Crippen LogP contribution in [0.5, 0.6) is 11.5 Å². The van der Waals surface area contributed by atoms with E-state index in [0.29, 0.717) is 46.3 Å². The molecule has 0 radical (unpaired) electrons. The van der Waals surface area contributed by atoms with Crippen molar-refractivity contribution in [1.82, 2.24) is 0 Å². The zero-order valence-electron chi connectivity index (χ0n) is 17.0. The summed E-state index contributed by atoms with van der Waals surface area (Å²) >= 11 is 5.79. The number of ether oxygens (including phenoxy) is 1. The van der Waals surface area contributed by atoms with Gasteiger partial charge in [0.15, 0.2) is 0 Å². The first-order valence-corrected chi connectivity index (χ1v) is 10.3. The number of fused-ring (bicyclic) bond motifs is 2. The lowest BCUT2D eigenvalue weighted by Gasteiger charge is -2.24. The highest BCUT2D eigenvalue weighted by molar-refractivity contribution is 6.30. The molecule has 0 aliphatic carbocycles. The van der Waals surface area contributed by atoms with Crippen molar-refractivity contribution in [3.8, 4) is 11.5 Å². The van der Waals surface area contributed by atoms with E-state index in [2.05, 4.69) is 0 Å². The van der Waals surface area contributed by atoms with Crippen LogP contribution in [0.25, 0.3) is 21.9 Å². The molecule has 0 saturated heterocycles. The Kier molecular flexibility index (Phi) is 6.17. The van der Waals surface area contributed by atoms with Gasteiger partial charge in [-0.25, -0.2) is 4.39 Å². The van der Waals surface area contributed by atoms with Gasteiger partial charge in [-0.2, -0.15) is 0 Å². The molecule has 0 saturated carbocycles. The van der Waals surface area contributed by atoms with E-state index >= 15 is 0 Å². The van der Waals surface area contributed by atoms with Gasteiger partial charge in [-0.05, 0) is 60.9 Å². The van der Waals surface area contributed by atoms with E-state index in [1.54, 1.807) is 36.4 Å². The second-order valence-corrected chi connectivity index (χ2v) is 8.18. The monoisotopic (exact) mass is 457 g/mol. The number of halogens is 2. The summed E-state index contributed by atoms with van der Waals surface area (Å²) in [6.07, 6.45) is 0.875. The maximum Gasteiger partial charge on any atom is 0.200 e. The first-order valence-electron chi connectivity index (χ1n) is 9.95. The molecule has 1 aromatic heterocycles. The molecular weight excluding hydrogens is 437 g/mol. The predicted octanol–water partition coefficient (Wildman–Crippen LogP) is 4.15. The largest absolute Gasteiger partial charge is 0.457 e. The molecule has 0 bridgehead atoms. The first kappa shape index (κ1) is 22.2. The van der Waals surface area contributed by atoms with Gasteiger partial charge in [-0.1, -0.05) is 17.7 Å². The molecular formula is C24H21ClFNO5. The van der Waals surface area contributed by atoms with Gasteiger partial charge in [-0.3, -0.25) is 4.79 Å². The molecule has 0 aliphatic rings. The van der Waals surface area contributed by atoms with Gasteiger partial charge in [0.05, 0.1) is 34.5 Å². The number of nitrogens with two attached hydrogens (primary N) is 1. The van der Waals surface area contributed by atoms with Crippen LogP contribution in [0.3, 0.4) is 0 Å². The summed E-state index contributed by atoms with van der Waals surface area (Å²) in [5.74, 6) is 0.178. The van der Waals surface area contributed by atoms with Gasteiger partial charge in [0.2, 0.25) is 5.43 Å². The number of benzene rings is 3. The highest BCUT2D eigenvalue weighted by atomic mass is 35.5.